The van der Waals surface area contributed by atoms with Gasteiger partial charge in [-0.15, -0.1) is 0 Å². The first kappa shape index (κ1) is 42.9. The van der Waals surface area contributed by atoms with Gasteiger partial charge in [-0.1, -0.05) is 218 Å². The molecule has 10 aromatic carbocycles. The lowest BCUT2D eigenvalue weighted by Crippen LogP contribution is -2.39. The quantitative estimate of drug-likeness (QED) is 0.152. The van der Waals surface area contributed by atoms with Gasteiger partial charge >= 0.3 is 0 Å². The number of nitrogens with zero attached hydrogens (tertiary/aromatic N) is 4. The molecule has 2 aliphatic rings. The number of rotatable bonds is 8. The molecule has 342 valence electrons. The molecule has 0 spiro atoms. The Hall–Kier alpha value is -9.12. The Kier molecular flexibility index (Phi) is 10.4. The molecule has 13 rings (SSSR count). The highest BCUT2D eigenvalue weighted by Gasteiger charge is 2.49. The van der Waals surface area contributed by atoms with E-state index >= 15 is 0 Å². The van der Waals surface area contributed by atoms with Crippen molar-refractivity contribution < 1.29 is 0 Å². The summed E-state index contributed by atoms with van der Waals surface area (Å²) in [6.07, 6.45) is 0. The third kappa shape index (κ3) is 6.53. The van der Waals surface area contributed by atoms with Crippen molar-refractivity contribution in [2.24, 2.45) is 0 Å². The van der Waals surface area contributed by atoms with Crippen LogP contribution in [0.3, 0.4) is 0 Å². The molecule has 11 aromatic rings. The molecule has 72 heavy (non-hydrogen) atoms. The van der Waals surface area contributed by atoms with Crippen LogP contribution in [0.5, 0.6) is 0 Å². The zero-order valence-corrected chi connectivity index (χ0v) is 40.2. The third-order valence-corrected chi connectivity index (χ3v) is 15.1. The minimum Gasteiger partial charge on any atom is -0.310 e. The topological polar surface area (TPSA) is 32.3 Å². The third-order valence-electron chi connectivity index (χ3n) is 15.1. The van der Waals surface area contributed by atoms with E-state index in [9.17, 15) is 0 Å². The number of hydrogen-bond acceptors (Lipinski definition) is 4. The molecule has 0 unspecified atom stereocenters. The first-order valence-corrected chi connectivity index (χ1v) is 24.8. The first-order chi connectivity index (χ1) is 35.6. The fourth-order valence-corrected chi connectivity index (χ4v) is 12.1. The van der Waals surface area contributed by atoms with Gasteiger partial charge < -0.3 is 9.80 Å². The van der Waals surface area contributed by atoms with Crippen molar-refractivity contribution in [1.29, 1.82) is 0 Å². The number of para-hydroxylation sites is 5. The Labute approximate surface area is 421 Å². The van der Waals surface area contributed by atoms with Gasteiger partial charge in [0, 0.05) is 28.1 Å². The zero-order chi connectivity index (χ0) is 48.2. The molecule has 0 N–H and O–H groups in total. The normalized spacial score (nSPS) is 13.9. The van der Waals surface area contributed by atoms with Gasteiger partial charge in [-0.25, -0.2) is 9.97 Å². The maximum atomic E-state index is 5.00. The summed E-state index contributed by atoms with van der Waals surface area (Å²) in [6.45, 7) is 4.11. The van der Waals surface area contributed by atoms with Crippen LogP contribution in [0.1, 0.15) is 55.9 Å². The van der Waals surface area contributed by atoms with Crippen molar-refractivity contribution in [2.75, 3.05) is 9.80 Å². The zero-order valence-electron chi connectivity index (χ0n) is 40.2. The lowest BCUT2D eigenvalue weighted by molar-refractivity contribution is 0.715. The smallest absolute Gasteiger partial charge is 0.126 e. The van der Waals surface area contributed by atoms with Crippen LogP contribution < -0.4 is 9.80 Å². The van der Waals surface area contributed by atoms with Gasteiger partial charge in [0.15, 0.2) is 0 Å². The maximum Gasteiger partial charge on any atom is 0.126 e. The molecule has 2 aliphatic heterocycles. The summed E-state index contributed by atoms with van der Waals surface area (Å²) in [4.78, 5) is 14.8. The molecule has 1 aromatic heterocycles. The number of aromatic nitrogens is 2. The second-order valence-corrected chi connectivity index (χ2v) is 18.9. The fourth-order valence-electron chi connectivity index (χ4n) is 12.1. The van der Waals surface area contributed by atoms with Crippen molar-refractivity contribution in [3.63, 3.8) is 0 Å². The second-order valence-electron chi connectivity index (χ2n) is 18.9. The number of benzene rings is 10. The number of anilines is 6. The van der Waals surface area contributed by atoms with Crippen molar-refractivity contribution in [3.05, 3.63) is 323 Å². The van der Waals surface area contributed by atoms with Gasteiger partial charge in [0.05, 0.1) is 45.0 Å². The molecular formula is C68H50N4. The molecule has 0 aliphatic carbocycles. The van der Waals surface area contributed by atoms with Crippen LogP contribution in [0.4, 0.5) is 34.1 Å². The van der Waals surface area contributed by atoms with E-state index in [2.05, 4.69) is 278 Å². The molecule has 3 heterocycles. The molecule has 0 amide bonds. The van der Waals surface area contributed by atoms with E-state index in [4.69, 9.17) is 9.97 Å². The molecule has 0 fully saturated rings. The summed E-state index contributed by atoms with van der Waals surface area (Å²) in [7, 11) is 0. The van der Waals surface area contributed by atoms with Crippen molar-refractivity contribution in [2.45, 2.75) is 24.7 Å². The van der Waals surface area contributed by atoms with E-state index in [1.807, 2.05) is 13.0 Å². The molecule has 0 radical (unpaired) electrons. The molecule has 0 atom stereocenters. The molecular weight excluding hydrogens is 873 g/mol. The van der Waals surface area contributed by atoms with Crippen molar-refractivity contribution in [1.82, 2.24) is 9.97 Å². The Bertz CT molecular complexity index is 3660. The lowest BCUT2D eigenvalue weighted by atomic mass is 9.60. The summed E-state index contributed by atoms with van der Waals surface area (Å²) in [5.74, 6) is 0.751. The van der Waals surface area contributed by atoms with Crippen LogP contribution in [0, 0.1) is 13.8 Å². The SMILES string of the molecule is Cc1nc(-c2ccccc2)c(C)c(-c2ccc(N3c4ccccc4C(c4ccccc4)(c4ccc(C5(c6ccccc6)c6ccccc6N(c6ccccc6)c6ccccc65)cc4)c4ccccc43)cc2)n1. The standard InChI is InChI=1S/C68H50N4/c1-47-65(49-23-7-3-8-24-49)69-48(2)70-66(47)50-39-45-56(46-40-50)72-63-37-21-17-33-59(63)68(52-27-11-5-12-28-52,60-34-18-22-38-64(60)72)54-43-41-53(42-44-54)67(51-25-9-4-10-26-51)57-31-15-19-35-61(57)71(55-29-13-6-14-30-55)62-36-20-16-32-58(62)67/h3-46H,1-2H3. The summed E-state index contributed by atoms with van der Waals surface area (Å²) in [6, 6.07) is 97.9. The van der Waals surface area contributed by atoms with Gasteiger partial charge in [0.1, 0.15) is 5.82 Å². The highest BCUT2D eigenvalue weighted by molar-refractivity contribution is 5.92. The molecule has 4 nitrogen and oxygen atoms in total. The van der Waals surface area contributed by atoms with Crippen LogP contribution in [0.25, 0.3) is 22.5 Å². The van der Waals surface area contributed by atoms with Crippen molar-refractivity contribution >= 4 is 34.1 Å². The van der Waals surface area contributed by atoms with E-state index in [0.29, 0.717) is 0 Å². The van der Waals surface area contributed by atoms with Crippen LogP contribution in [0.2, 0.25) is 0 Å². The highest BCUT2D eigenvalue weighted by Crippen LogP contribution is 2.60. The number of fused-ring (bicyclic) bond motifs is 4. The predicted octanol–water partition coefficient (Wildman–Crippen LogP) is 16.8. The van der Waals surface area contributed by atoms with E-state index in [1.165, 1.54) is 55.9 Å². The predicted molar refractivity (Wildman–Crippen MR) is 295 cm³/mol. The van der Waals surface area contributed by atoms with Crippen molar-refractivity contribution in [3.8, 4) is 22.5 Å². The van der Waals surface area contributed by atoms with Crippen LogP contribution in [-0.4, -0.2) is 9.97 Å². The molecule has 0 bridgehead atoms. The van der Waals surface area contributed by atoms with E-state index in [-0.39, 0.29) is 0 Å². The minimum atomic E-state index is -0.667. The molecule has 4 heteroatoms. The Balaban J connectivity index is 0.991. The van der Waals surface area contributed by atoms with Gasteiger partial charge in [0.2, 0.25) is 0 Å². The summed E-state index contributed by atoms with van der Waals surface area (Å²) >= 11 is 0. The Morgan fingerprint density at radius 3 is 0.958 bits per heavy atom. The second kappa shape index (κ2) is 17.4. The Morgan fingerprint density at radius 1 is 0.278 bits per heavy atom. The van der Waals surface area contributed by atoms with Crippen LogP contribution in [0.15, 0.2) is 267 Å². The monoisotopic (exact) mass is 922 g/mol. The van der Waals surface area contributed by atoms with Crippen LogP contribution >= 0.6 is 0 Å². The first-order valence-electron chi connectivity index (χ1n) is 24.8. The van der Waals surface area contributed by atoms with Gasteiger partial charge in [-0.3, -0.25) is 0 Å². The lowest BCUT2D eigenvalue weighted by Gasteiger charge is -2.47. The minimum absolute atomic E-state index is 0.629. The van der Waals surface area contributed by atoms with Gasteiger partial charge in [-0.05, 0) is 107 Å². The van der Waals surface area contributed by atoms with Crippen LogP contribution in [-0.2, 0) is 10.8 Å². The molecule has 0 saturated carbocycles. The maximum absolute atomic E-state index is 5.00. The van der Waals surface area contributed by atoms with E-state index < -0.39 is 10.8 Å². The summed E-state index contributed by atoms with van der Waals surface area (Å²) in [5, 5.41) is 0. The van der Waals surface area contributed by atoms with E-state index in [0.717, 1.165) is 56.7 Å². The Morgan fingerprint density at radius 2 is 0.569 bits per heavy atom. The summed E-state index contributed by atoms with van der Waals surface area (Å²) < 4.78 is 0. The fraction of sp³-hybridized carbons (Fsp3) is 0.0588. The number of hydrogen-bond donors (Lipinski definition) is 0. The highest BCUT2D eigenvalue weighted by atomic mass is 15.2. The van der Waals surface area contributed by atoms with Gasteiger partial charge in [-0.2, -0.15) is 0 Å². The largest absolute Gasteiger partial charge is 0.310 e. The average Bonchev–Trinajstić information content (AvgIpc) is 3.45. The number of aryl methyl sites for hydroxylation is 1. The van der Waals surface area contributed by atoms with E-state index in [1.54, 1.807) is 0 Å². The summed E-state index contributed by atoms with van der Waals surface area (Å²) in [5.41, 5.74) is 20.4. The average molecular weight is 923 g/mol. The van der Waals surface area contributed by atoms with Gasteiger partial charge in [0.25, 0.3) is 0 Å². The molecule has 0 saturated heterocycles.